The summed E-state index contributed by atoms with van der Waals surface area (Å²) in [6.07, 6.45) is 8.77. The molecule has 0 unspecified atom stereocenters. The van der Waals surface area contributed by atoms with Crippen molar-refractivity contribution in [2.75, 3.05) is 40.8 Å². The molecular formula is C20H29N5O. The van der Waals surface area contributed by atoms with E-state index in [2.05, 4.69) is 69.4 Å². The summed E-state index contributed by atoms with van der Waals surface area (Å²) in [4.78, 5) is 4.61. The molecule has 0 amide bonds. The Balaban J connectivity index is 1.44. The molecule has 0 N–H and O–H groups in total. The number of likely N-dealkylation sites (tertiary alicyclic amines) is 1. The second kappa shape index (κ2) is 8.96. The van der Waals surface area contributed by atoms with E-state index in [0.717, 1.165) is 50.5 Å². The first-order chi connectivity index (χ1) is 12.6. The molecule has 1 aliphatic heterocycles. The number of rotatable bonds is 7. The SMILES string of the molecule is COc1ccc(/C=C/CN2CCC(n3cc(CN(C)C)nn3)CC2)cc1. The van der Waals surface area contributed by atoms with Crippen LogP contribution in [-0.4, -0.2) is 65.6 Å². The van der Waals surface area contributed by atoms with Gasteiger partial charge in [0.25, 0.3) is 0 Å². The molecule has 1 aromatic carbocycles. The van der Waals surface area contributed by atoms with Gasteiger partial charge in [-0.2, -0.15) is 0 Å². The van der Waals surface area contributed by atoms with Gasteiger partial charge in [-0.3, -0.25) is 4.90 Å². The van der Waals surface area contributed by atoms with Gasteiger partial charge in [-0.25, -0.2) is 4.68 Å². The molecule has 0 spiro atoms. The molecule has 6 nitrogen and oxygen atoms in total. The van der Waals surface area contributed by atoms with E-state index in [1.54, 1.807) is 7.11 Å². The normalized spacial score (nSPS) is 16.6. The van der Waals surface area contributed by atoms with Crippen molar-refractivity contribution in [3.63, 3.8) is 0 Å². The van der Waals surface area contributed by atoms with Crippen LogP contribution >= 0.6 is 0 Å². The van der Waals surface area contributed by atoms with E-state index in [9.17, 15) is 0 Å². The van der Waals surface area contributed by atoms with Crippen molar-refractivity contribution >= 4 is 6.08 Å². The van der Waals surface area contributed by atoms with Crippen molar-refractivity contribution in [1.29, 1.82) is 0 Å². The van der Waals surface area contributed by atoms with Crippen molar-refractivity contribution in [3.05, 3.63) is 47.8 Å². The standard InChI is InChI=1S/C20H29N5O/c1-23(2)15-18-16-25(22-21-18)19-10-13-24(14-11-19)12-4-5-17-6-8-20(26-3)9-7-17/h4-9,16,19H,10-15H2,1-3H3/b5-4+. The fourth-order valence-electron chi connectivity index (χ4n) is 3.31. The highest BCUT2D eigenvalue weighted by molar-refractivity contribution is 5.50. The number of benzene rings is 1. The van der Waals surface area contributed by atoms with Crippen LogP contribution in [-0.2, 0) is 6.54 Å². The highest BCUT2D eigenvalue weighted by Gasteiger charge is 2.21. The Hall–Kier alpha value is -2.18. The van der Waals surface area contributed by atoms with Crippen LogP contribution < -0.4 is 4.74 Å². The Bertz CT molecular complexity index is 699. The summed E-state index contributed by atoms with van der Waals surface area (Å²) in [5, 5.41) is 8.61. The summed E-state index contributed by atoms with van der Waals surface area (Å²) < 4.78 is 7.25. The third kappa shape index (κ3) is 5.16. The van der Waals surface area contributed by atoms with Gasteiger partial charge in [0, 0.05) is 26.2 Å². The molecule has 6 heteroatoms. The smallest absolute Gasteiger partial charge is 0.118 e. The van der Waals surface area contributed by atoms with Crippen LogP contribution in [0.2, 0.25) is 0 Å². The quantitative estimate of drug-likeness (QED) is 0.764. The van der Waals surface area contributed by atoms with Crippen LogP contribution in [0.3, 0.4) is 0 Å². The maximum Gasteiger partial charge on any atom is 0.118 e. The first kappa shape index (κ1) is 18.6. The van der Waals surface area contributed by atoms with Gasteiger partial charge in [0.1, 0.15) is 5.75 Å². The molecule has 0 radical (unpaired) electrons. The number of nitrogens with zero attached hydrogens (tertiary/aromatic N) is 5. The van der Waals surface area contributed by atoms with E-state index in [1.165, 1.54) is 5.56 Å². The molecule has 0 atom stereocenters. The molecule has 1 fully saturated rings. The lowest BCUT2D eigenvalue weighted by Crippen LogP contribution is -2.34. The number of aromatic nitrogens is 3. The number of piperidine rings is 1. The Morgan fingerprint density at radius 1 is 1.19 bits per heavy atom. The van der Waals surface area contributed by atoms with E-state index in [-0.39, 0.29) is 0 Å². The van der Waals surface area contributed by atoms with Gasteiger partial charge >= 0.3 is 0 Å². The summed E-state index contributed by atoms with van der Waals surface area (Å²) in [7, 11) is 5.80. The van der Waals surface area contributed by atoms with Crippen LogP contribution in [0.25, 0.3) is 6.08 Å². The highest BCUT2D eigenvalue weighted by Crippen LogP contribution is 2.22. The molecule has 1 aromatic heterocycles. The largest absolute Gasteiger partial charge is 0.497 e. The second-order valence-electron chi connectivity index (χ2n) is 7.13. The fourth-order valence-corrected chi connectivity index (χ4v) is 3.31. The average molecular weight is 355 g/mol. The zero-order chi connectivity index (χ0) is 18.4. The topological polar surface area (TPSA) is 46.4 Å². The zero-order valence-corrected chi connectivity index (χ0v) is 16.0. The van der Waals surface area contributed by atoms with Gasteiger partial charge in [0.2, 0.25) is 0 Å². The van der Waals surface area contributed by atoms with E-state index >= 15 is 0 Å². The molecule has 0 saturated carbocycles. The van der Waals surface area contributed by atoms with Crippen LogP contribution in [0.1, 0.15) is 30.1 Å². The van der Waals surface area contributed by atoms with Crippen LogP contribution in [0.4, 0.5) is 0 Å². The van der Waals surface area contributed by atoms with Gasteiger partial charge in [-0.05, 0) is 44.6 Å². The lowest BCUT2D eigenvalue weighted by Gasteiger charge is -2.30. The van der Waals surface area contributed by atoms with Crippen molar-refractivity contribution in [2.45, 2.75) is 25.4 Å². The Kier molecular flexibility index (Phi) is 6.41. The maximum atomic E-state index is 5.19. The molecule has 26 heavy (non-hydrogen) atoms. The molecule has 3 rings (SSSR count). The molecule has 1 aliphatic rings. The maximum absolute atomic E-state index is 5.19. The summed E-state index contributed by atoms with van der Waals surface area (Å²) in [6, 6.07) is 8.62. The van der Waals surface area contributed by atoms with Gasteiger partial charge in [0.15, 0.2) is 0 Å². The minimum absolute atomic E-state index is 0.472. The Labute approximate surface area is 156 Å². The molecule has 0 bridgehead atoms. The molecule has 1 saturated heterocycles. The Morgan fingerprint density at radius 2 is 1.92 bits per heavy atom. The third-order valence-corrected chi connectivity index (χ3v) is 4.76. The monoisotopic (exact) mass is 355 g/mol. The van der Waals surface area contributed by atoms with Crippen molar-refractivity contribution < 1.29 is 4.74 Å². The summed E-state index contributed by atoms with van der Waals surface area (Å²) in [5.41, 5.74) is 2.25. The lowest BCUT2D eigenvalue weighted by atomic mass is 10.1. The van der Waals surface area contributed by atoms with Crippen molar-refractivity contribution in [3.8, 4) is 5.75 Å². The zero-order valence-electron chi connectivity index (χ0n) is 16.0. The molecule has 2 aromatic rings. The summed E-state index contributed by atoms with van der Waals surface area (Å²) >= 11 is 0. The predicted molar refractivity (Wildman–Crippen MR) is 104 cm³/mol. The second-order valence-corrected chi connectivity index (χ2v) is 7.13. The van der Waals surface area contributed by atoms with Gasteiger partial charge in [-0.15, -0.1) is 5.10 Å². The minimum atomic E-state index is 0.472. The summed E-state index contributed by atoms with van der Waals surface area (Å²) in [5.74, 6) is 0.895. The first-order valence-electron chi connectivity index (χ1n) is 9.22. The lowest BCUT2D eigenvalue weighted by molar-refractivity contribution is 0.194. The van der Waals surface area contributed by atoms with Gasteiger partial charge in [-0.1, -0.05) is 29.5 Å². The van der Waals surface area contributed by atoms with Crippen LogP contribution in [0.5, 0.6) is 5.75 Å². The van der Waals surface area contributed by atoms with E-state index in [0.29, 0.717) is 6.04 Å². The molecule has 0 aliphatic carbocycles. The predicted octanol–water partition coefficient (Wildman–Crippen LogP) is 2.70. The summed E-state index contributed by atoms with van der Waals surface area (Å²) in [6.45, 7) is 4.03. The van der Waals surface area contributed by atoms with E-state index in [4.69, 9.17) is 4.74 Å². The Morgan fingerprint density at radius 3 is 2.58 bits per heavy atom. The number of hydrogen-bond acceptors (Lipinski definition) is 5. The molecular weight excluding hydrogens is 326 g/mol. The van der Waals surface area contributed by atoms with Crippen LogP contribution in [0, 0.1) is 0 Å². The van der Waals surface area contributed by atoms with Gasteiger partial charge in [0.05, 0.1) is 25.0 Å². The van der Waals surface area contributed by atoms with E-state index in [1.807, 2.05) is 12.1 Å². The fraction of sp³-hybridized carbons (Fsp3) is 0.500. The van der Waals surface area contributed by atoms with Crippen LogP contribution in [0.15, 0.2) is 36.5 Å². The number of methoxy groups -OCH3 is 1. The number of ether oxygens (including phenoxy) is 1. The van der Waals surface area contributed by atoms with E-state index < -0.39 is 0 Å². The minimum Gasteiger partial charge on any atom is -0.497 e. The van der Waals surface area contributed by atoms with Crippen molar-refractivity contribution in [2.24, 2.45) is 0 Å². The molecule has 140 valence electrons. The number of hydrogen-bond donors (Lipinski definition) is 0. The first-order valence-corrected chi connectivity index (χ1v) is 9.22. The highest BCUT2D eigenvalue weighted by atomic mass is 16.5. The molecule has 2 heterocycles. The van der Waals surface area contributed by atoms with Crippen molar-refractivity contribution in [1.82, 2.24) is 24.8 Å². The van der Waals surface area contributed by atoms with Gasteiger partial charge < -0.3 is 9.64 Å². The average Bonchev–Trinajstić information content (AvgIpc) is 3.10. The third-order valence-electron chi connectivity index (χ3n) is 4.76.